The average Bonchev–Trinajstić information content (AvgIpc) is 2.46. The summed E-state index contributed by atoms with van der Waals surface area (Å²) in [6.45, 7) is 3.03. The molecule has 2 aromatic rings. The fourth-order valence-electron chi connectivity index (χ4n) is 2.42. The SMILES string of the molecule is Cl.Cl.c1cnc2ccc(OCC3CCCNC3)cc2c1. The first-order valence-corrected chi connectivity index (χ1v) is 6.60. The number of hydrogen-bond acceptors (Lipinski definition) is 3. The van der Waals surface area contributed by atoms with Crippen LogP contribution < -0.4 is 10.1 Å². The van der Waals surface area contributed by atoms with E-state index in [1.54, 1.807) is 0 Å². The highest BCUT2D eigenvalue weighted by molar-refractivity contribution is 5.85. The van der Waals surface area contributed by atoms with Crippen molar-refractivity contribution in [3.63, 3.8) is 0 Å². The minimum absolute atomic E-state index is 0. The van der Waals surface area contributed by atoms with Crippen LogP contribution in [0.4, 0.5) is 0 Å². The van der Waals surface area contributed by atoms with Crippen molar-refractivity contribution in [2.24, 2.45) is 5.92 Å². The normalized spacial score (nSPS) is 17.9. The van der Waals surface area contributed by atoms with Crippen molar-refractivity contribution in [2.75, 3.05) is 19.7 Å². The molecule has 0 aliphatic carbocycles. The van der Waals surface area contributed by atoms with Crippen LogP contribution in [-0.4, -0.2) is 24.7 Å². The van der Waals surface area contributed by atoms with Gasteiger partial charge in [0.25, 0.3) is 0 Å². The first-order chi connectivity index (χ1) is 8.92. The Balaban J connectivity index is 0.000001000. The summed E-state index contributed by atoms with van der Waals surface area (Å²) in [5, 5.41) is 4.55. The third-order valence-corrected chi connectivity index (χ3v) is 3.46. The van der Waals surface area contributed by atoms with Gasteiger partial charge in [-0.05, 0) is 43.7 Å². The third kappa shape index (κ3) is 4.23. The summed E-state index contributed by atoms with van der Waals surface area (Å²) >= 11 is 0. The van der Waals surface area contributed by atoms with E-state index >= 15 is 0 Å². The van der Waals surface area contributed by atoms with Gasteiger partial charge in [0.2, 0.25) is 0 Å². The molecule has 1 unspecified atom stereocenters. The monoisotopic (exact) mass is 314 g/mol. The van der Waals surface area contributed by atoms with Gasteiger partial charge in [-0.3, -0.25) is 4.98 Å². The molecule has 0 bridgehead atoms. The van der Waals surface area contributed by atoms with E-state index in [1.165, 1.54) is 12.8 Å². The predicted octanol–water partition coefficient (Wildman–Crippen LogP) is 3.46. The van der Waals surface area contributed by atoms with Crippen molar-refractivity contribution in [3.05, 3.63) is 36.5 Å². The Bertz CT molecular complexity index is 530. The van der Waals surface area contributed by atoms with E-state index in [9.17, 15) is 0 Å². The van der Waals surface area contributed by atoms with Crippen LogP contribution in [0.25, 0.3) is 10.9 Å². The number of benzene rings is 1. The quantitative estimate of drug-likeness (QED) is 0.942. The Labute approximate surface area is 131 Å². The summed E-state index contributed by atoms with van der Waals surface area (Å²) in [5.41, 5.74) is 1.02. The zero-order valence-electron chi connectivity index (χ0n) is 11.2. The molecule has 0 radical (unpaired) electrons. The minimum Gasteiger partial charge on any atom is -0.493 e. The molecule has 1 aliphatic rings. The van der Waals surface area contributed by atoms with Gasteiger partial charge in [0, 0.05) is 24.0 Å². The van der Waals surface area contributed by atoms with Crippen molar-refractivity contribution in [1.82, 2.24) is 10.3 Å². The van der Waals surface area contributed by atoms with Gasteiger partial charge in [0.15, 0.2) is 0 Å². The van der Waals surface area contributed by atoms with Gasteiger partial charge in [-0.15, -0.1) is 24.8 Å². The highest BCUT2D eigenvalue weighted by atomic mass is 35.5. The van der Waals surface area contributed by atoms with Crippen LogP contribution in [0.5, 0.6) is 5.75 Å². The van der Waals surface area contributed by atoms with Gasteiger partial charge >= 0.3 is 0 Å². The Morgan fingerprint density at radius 1 is 1.25 bits per heavy atom. The Morgan fingerprint density at radius 2 is 2.15 bits per heavy atom. The van der Waals surface area contributed by atoms with E-state index < -0.39 is 0 Å². The lowest BCUT2D eigenvalue weighted by molar-refractivity contribution is 0.218. The van der Waals surface area contributed by atoms with Gasteiger partial charge in [-0.1, -0.05) is 6.07 Å². The minimum atomic E-state index is 0. The second kappa shape index (κ2) is 8.30. The standard InChI is InChI=1S/C15H18N2O.2ClH/c1-3-12(10-16-7-1)11-18-14-5-6-15-13(9-14)4-2-8-17-15;;/h2,4-6,8-9,12,16H,1,3,7,10-11H2;2*1H. The van der Waals surface area contributed by atoms with Gasteiger partial charge in [0.05, 0.1) is 12.1 Å². The average molecular weight is 315 g/mol. The molecule has 1 fully saturated rings. The van der Waals surface area contributed by atoms with Gasteiger partial charge in [0.1, 0.15) is 5.75 Å². The first-order valence-electron chi connectivity index (χ1n) is 6.60. The first kappa shape index (κ1) is 17.0. The Hall–Kier alpha value is -1.03. The van der Waals surface area contributed by atoms with Crippen LogP contribution >= 0.6 is 24.8 Å². The second-order valence-electron chi connectivity index (χ2n) is 4.88. The highest BCUT2D eigenvalue weighted by Crippen LogP contribution is 2.20. The molecule has 0 spiro atoms. The summed E-state index contributed by atoms with van der Waals surface area (Å²) in [6.07, 6.45) is 4.34. The number of ether oxygens (including phenoxy) is 1. The van der Waals surface area contributed by atoms with Gasteiger partial charge in [-0.25, -0.2) is 0 Å². The van der Waals surface area contributed by atoms with Crippen molar-refractivity contribution in [2.45, 2.75) is 12.8 Å². The van der Waals surface area contributed by atoms with E-state index in [1.807, 2.05) is 24.4 Å². The van der Waals surface area contributed by atoms with Crippen molar-refractivity contribution >= 4 is 35.7 Å². The maximum absolute atomic E-state index is 5.89. The number of rotatable bonds is 3. The molecule has 0 amide bonds. The van der Waals surface area contributed by atoms with E-state index in [2.05, 4.69) is 22.4 Å². The number of piperidine rings is 1. The van der Waals surface area contributed by atoms with Crippen LogP contribution in [-0.2, 0) is 0 Å². The zero-order valence-corrected chi connectivity index (χ0v) is 12.9. The third-order valence-electron chi connectivity index (χ3n) is 3.46. The lowest BCUT2D eigenvalue weighted by Crippen LogP contribution is -2.33. The summed E-state index contributed by atoms with van der Waals surface area (Å²) in [5.74, 6) is 1.59. The molecule has 3 rings (SSSR count). The number of pyridine rings is 1. The lowest BCUT2D eigenvalue weighted by atomic mass is 10.0. The molecule has 1 atom stereocenters. The predicted molar refractivity (Wildman–Crippen MR) is 87.3 cm³/mol. The Morgan fingerprint density at radius 3 is 2.95 bits per heavy atom. The molecule has 3 nitrogen and oxygen atoms in total. The molecule has 1 saturated heterocycles. The number of nitrogens with one attached hydrogen (secondary N) is 1. The van der Waals surface area contributed by atoms with E-state index in [4.69, 9.17) is 4.74 Å². The van der Waals surface area contributed by atoms with Crippen LogP contribution in [0.1, 0.15) is 12.8 Å². The molecule has 1 aromatic heterocycles. The number of fused-ring (bicyclic) bond motifs is 1. The highest BCUT2D eigenvalue weighted by Gasteiger charge is 2.13. The van der Waals surface area contributed by atoms with Crippen molar-refractivity contribution in [3.8, 4) is 5.75 Å². The topological polar surface area (TPSA) is 34.1 Å². The van der Waals surface area contributed by atoms with Crippen LogP contribution in [0.15, 0.2) is 36.5 Å². The zero-order chi connectivity index (χ0) is 12.2. The fraction of sp³-hybridized carbons (Fsp3) is 0.400. The number of halogens is 2. The molecule has 20 heavy (non-hydrogen) atoms. The summed E-state index contributed by atoms with van der Waals surface area (Å²) in [6, 6.07) is 10.1. The molecule has 5 heteroatoms. The molecule has 0 saturated carbocycles. The van der Waals surface area contributed by atoms with Gasteiger partial charge < -0.3 is 10.1 Å². The largest absolute Gasteiger partial charge is 0.493 e. The molecule has 1 N–H and O–H groups in total. The van der Waals surface area contributed by atoms with Crippen molar-refractivity contribution in [1.29, 1.82) is 0 Å². The van der Waals surface area contributed by atoms with E-state index in [0.717, 1.165) is 36.3 Å². The fourth-order valence-corrected chi connectivity index (χ4v) is 2.42. The molecule has 1 aliphatic heterocycles. The number of hydrogen-bond donors (Lipinski definition) is 1. The van der Waals surface area contributed by atoms with E-state index in [-0.39, 0.29) is 24.8 Å². The maximum atomic E-state index is 5.89. The molecular weight excluding hydrogens is 295 g/mol. The Kier molecular flexibility index (Phi) is 7.06. The molecule has 2 heterocycles. The molecular formula is C15H20Cl2N2O. The second-order valence-corrected chi connectivity index (χ2v) is 4.88. The maximum Gasteiger partial charge on any atom is 0.120 e. The molecule has 1 aromatic carbocycles. The molecule has 110 valence electrons. The van der Waals surface area contributed by atoms with Crippen LogP contribution in [0.2, 0.25) is 0 Å². The lowest BCUT2D eigenvalue weighted by Gasteiger charge is -2.22. The number of aromatic nitrogens is 1. The number of nitrogens with zero attached hydrogens (tertiary/aromatic N) is 1. The smallest absolute Gasteiger partial charge is 0.120 e. The van der Waals surface area contributed by atoms with Gasteiger partial charge in [-0.2, -0.15) is 0 Å². The van der Waals surface area contributed by atoms with Crippen LogP contribution in [0.3, 0.4) is 0 Å². The summed E-state index contributed by atoms with van der Waals surface area (Å²) in [4.78, 5) is 4.31. The van der Waals surface area contributed by atoms with Crippen LogP contribution in [0, 0.1) is 5.92 Å². The van der Waals surface area contributed by atoms with Crippen molar-refractivity contribution < 1.29 is 4.74 Å². The summed E-state index contributed by atoms with van der Waals surface area (Å²) in [7, 11) is 0. The van der Waals surface area contributed by atoms with E-state index in [0.29, 0.717) is 5.92 Å². The summed E-state index contributed by atoms with van der Waals surface area (Å²) < 4.78 is 5.89.